The van der Waals surface area contributed by atoms with Crippen LogP contribution in [0.25, 0.3) is 0 Å². The predicted molar refractivity (Wildman–Crippen MR) is 80.0 cm³/mol. The lowest BCUT2D eigenvalue weighted by Crippen LogP contribution is -2.36. The lowest BCUT2D eigenvalue weighted by atomic mass is 10.1. The number of nitrogens with zero attached hydrogens (tertiary/aromatic N) is 2. The molecule has 0 spiro atoms. The minimum absolute atomic E-state index is 0.188. The van der Waals surface area contributed by atoms with Crippen molar-refractivity contribution in [3.05, 3.63) is 35.4 Å². The minimum Gasteiger partial charge on any atom is -0.298 e. The molecule has 0 radical (unpaired) electrons. The van der Waals surface area contributed by atoms with Gasteiger partial charge in [-0.3, -0.25) is 4.90 Å². The van der Waals surface area contributed by atoms with Crippen molar-refractivity contribution in [3.63, 3.8) is 0 Å². The van der Waals surface area contributed by atoms with Crippen LogP contribution in [-0.2, 0) is 16.6 Å². The van der Waals surface area contributed by atoms with Gasteiger partial charge in [0.25, 0.3) is 0 Å². The van der Waals surface area contributed by atoms with E-state index in [1.807, 2.05) is 31.2 Å². The summed E-state index contributed by atoms with van der Waals surface area (Å²) in [7, 11) is -3.09. The van der Waals surface area contributed by atoms with Crippen LogP contribution in [0.5, 0.6) is 0 Å². The second kappa shape index (κ2) is 5.47. The third-order valence-corrected chi connectivity index (χ3v) is 6.22. The Morgan fingerprint density at radius 3 is 2.45 bits per heavy atom. The van der Waals surface area contributed by atoms with Crippen LogP contribution >= 0.6 is 0 Å². The lowest BCUT2D eigenvalue weighted by molar-refractivity contribution is 0.242. The summed E-state index contributed by atoms with van der Waals surface area (Å²) >= 11 is 0. The van der Waals surface area contributed by atoms with Crippen LogP contribution in [0, 0.1) is 6.92 Å². The summed E-state index contributed by atoms with van der Waals surface area (Å²) < 4.78 is 26.3. The molecule has 2 fully saturated rings. The Kier molecular flexibility index (Phi) is 3.84. The second-order valence-corrected chi connectivity index (χ2v) is 7.97. The lowest BCUT2D eigenvalue weighted by Gasteiger charge is -2.22. The highest BCUT2D eigenvalue weighted by molar-refractivity contribution is 7.89. The zero-order chi connectivity index (χ0) is 14.2. The molecule has 5 heteroatoms. The molecule has 0 saturated carbocycles. The molecule has 4 nitrogen and oxygen atoms in total. The van der Waals surface area contributed by atoms with E-state index in [4.69, 9.17) is 0 Å². The fraction of sp³-hybridized carbons (Fsp3) is 0.600. The Labute approximate surface area is 121 Å². The first-order chi connectivity index (χ1) is 9.54. The van der Waals surface area contributed by atoms with E-state index in [0.29, 0.717) is 18.8 Å². The van der Waals surface area contributed by atoms with Crippen molar-refractivity contribution in [2.75, 3.05) is 25.4 Å². The van der Waals surface area contributed by atoms with E-state index in [-0.39, 0.29) is 6.04 Å². The summed E-state index contributed by atoms with van der Waals surface area (Å²) in [5, 5.41) is 0. The Morgan fingerprint density at radius 2 is 1.80 bits per heavy atom. The van der Waals surface area contributed by atoms with Gasteiger partial charge in [-0.2, -0.15) is 4.31 Å². The van der Waals surface area contributed by atoms with Crippen molar-refractivity contribution in [1.82, 2.24) is 9.21 Å². The molecule has 1 atom stereocenters. The highest BCUT2D eigenvalue weighted by Crippen LogP contribution is 2.24. The Bertz CT molecular complexity index is 562. The van der Waals surface area contributed by atoms with Crippen molar-refractivity contribution in [3.8, 4) is 0 Å². The summed E-state index contributed by atoms with van der Waals surface area (Å²) in [5.41, 5.74) is 2.27. The zero-order valence-corrected chi connectivity index (χ0v) is 12.8. The van der Waals surface area contributed by atoms with Crippen molar-refractivity contribution >= 4 is 10.0 Å². The molecule has 110 valence electrons. The van der Waals surface area contributed by atoms with Gasteiger partial charge in [0.05, 0.1) is 5.75 Å². The molecule has 2 heterocycles. The van der Waals surface area contributed by atoms with Gasteiger partial charge in [-0.25, -0.2) is 8.42 Å². The van der Waals surface area contributed by atoms with Crippen LogP contribution in [-0.4, -0.2) is 49.1 Å². The highest BCUT2D eigenvalue weighted by Gasteiger charge is 2.39. The van der Waals surface area contributed by atoms with Crippen LogP contribution in [0.4, 0.5) is 0 Å². The average molecular weight is 294 g/mol. The van der Waals surface area contributed by atoms with Crippen molar-refractivity contribution in [1.29, 1.82) is 0 Å². The maximum atomic E-state index is 12.3. The van der Waals surface area contributed by atoms with Crippen molar-refractivity contribution < 1.29 is 8.42 Å². The summed E-state index contributed by atoms with van der Waals surface area (Å²) in [4.78, 5) is 2.34. The molecule has 1 aromatic rings. The number of sulfonamides is 1. The van der Waals surface area contributed by atoms with Gasteiger partial charge in [0.2, 0.25) is 10.0 Å². The fourth-order valence-corrected chi connectivity index (χ4v) is 4.90. The first-order valence-corrected chi connectivity index (χ1v) is 8.93. The van der Waals surface area contributed by atoms with Gasteiger partial charge in [-0.15, -0.1) is 0 Å². The van der Waals surface area contributed by atoms with Gasteiger partial charge in [-0.1, -0.05) is 29.8 Å². The number of benzene rings is 1. The van der Waals surface area contributed by atoms with E-state index < -0.39 is 10.0 Å². The molecule has 20 heavy (non-hydrogen) atoms. The van der Waals surface area contributed by atoms with Gasteiger partial charge >= 0.3 is 0 Å². The van der Waals surface area contributed by atoms with E-state index in [1.165, 1.54) is 18.4 Å². The van der Waals surface area contributed by atoms with E-state index >= 15 is 0 Å². The van der Waals surface area contributed by atoms with Crippen molar-refractivity contribution in [2.45, 2.75) is 32.4 Å². The third-order valence-electron chi connectivity index (χ3n) is 4.35. The Hall–Kier alpha value is -0.910. The van der Waals surface area contributed by atoms with E-state index in [9.17, 15) is 8.42 Å². The molecule has 0 aromatic heterocycles. The van der Waals surface area contributed by atoms with Gasteiger partial charge in [-0.05, 0) is 38.4 Å². The van der Waals surface area contributed by atoms with E-state index in [2.05, 4.69) is 4.90 Å². The fourth-order valence-electron chi connectivity index (χ4n) is 3.14. The van der Waals surface area contributed by atoms with Crippen LogP contribution in [0.3, 0.4) is 0 Å². The first kappa shape index (κ1) is 14.0. The standard InChI is InChI=1S/C15H22N2O2S/c1-13-4-6-14(7-5-13)10-17-11-15(12-20(17,18)19)16-8-2-3-9-16/h4-7,15H,2-3,8-12H2,1H3. The number of rotatable bonds is 3. The minimum atomic E-state index is -3.09. The van der Waals surface area contributed by atoms with Crippen LogP contribution in [0.2, 0.25) is 0 Å². The molecule has 0 N–H and O–H groups in total. The molecule has 2 aliphatic heterocycles. The highest BCUT2D eigenvalue weighted by atomic mass is 32.2. The normalized spacial score (nSPS) is 27.1. The smallest absolute Gasteiger partial charge is 0.216 e. The van der Waals surface area contributed by atoms with Gasteiger partial charge < -0.3 is 0 Å². The van der Waals surface area contributed by atoms with E-state index in [0.717, 1.165) is 18.7 Å². The van der Waals surface area contributed by atoms with Crippen molar-refractivity contribution in [2.24, 2.45) is 0 Å². The van der Waals surface area contributed by atoms with E-state index in [1.54, 1.807) is 4.31 Å². The molecule has 0 bridgehead atoms. The quantitative estimate of drug-likeness (QED) is 0.850. The summed E-state index contributed by atoms with van der Waals surface area (Å²) in [6.07, 6.45) is 2.41. The van der Waals surface area contributed by atoms with Crippen LogP contribution in [0.15, 0.2) is 24.3 Å². The summed E-state index contributed by atoms with van der Waals surface area (Å²) in [5.74, 6) is 0.291. The zero-order valence-electron chi connectivity index (χ0n) is 12.0. The average Bonchev–Trinajstić information content (AvgIpc) is 3.01. The molecule has 0 aliphatic carbocycles. The van der Waals surface area contributed by atoms with Crippen LogP contribution < -0.4 is 0 Å². The number of hydrogen-bond donors (Lipinski definition) is 0. The molecular formula is C15H22N2O2S. The van der Waals surface area contributed by atoms with Gasteiger partial charge in [0.15, 0.2) is 0 Å². The molecule has 1 unspecified atom stereocenters. The number of hydrogen-bond acceptors (Lipinski definition) is 3. The third kappa shape index (κ3) is 2.90. The van der Waals surface area contributed by atoms with Gasteiger partial charge in [0, 0.05) is 19.1 Å². The topological polar surface area (TPSA) is 40.6 Å². The molecule has 2 saturated heterocycles. The summed E-state index contributed by atoms with van der Waals surface area (Å²) in [6.45, 7) is 5.31. The molecular weight excluding hydrogens is 272 g/mol. The van der Waals surface area contributed by atoms with Gasteiger partial charge in [0.1, 0.15) is 0 Å². The number of likely N-dealkylation sites (tertiary alicyclic amines) is 1. The maximum Gasteiger partial charge on any atom is 0.216 e. The second-order valence-electron chi connectivity index (χ2n) is 5.95. The molecule has 3 rings (SSSR count). The molecule has 2 aliphatic rings. The first-order valence-electron chi connectivity index (χ1n) is 7.32. The summed E-state index contributed by atoms with van der Waals surface area (Å²) in [6, 6.07) is 8.31. The number of aryl methyl sites for hydroxylation is 1. The predicted octanol–water partition coefficient (Wildman–Crippen LogP) is 1.60. The molecule has 1 aromatic carbocycles. The molecule has 0 amide bonds. The maximum absolute atomic E-state index is 12.3. The Morgan fingerprint density at radius 1 is 1.15 bits per heavy atom. The van der Waals surface area contributed by atoms with Crippen LogP contribution in [0.1, 0.15) is 24.0 Å². The monoisotopic (exact) mass is 294 g/mol. The largest absolute Gasteiger partial charge is 0.298 e. The SMILES string of the molecule is Cc1ccc(CN2CC(N3CCCC3)CS2(=O)=O)cc1. The Balaban J connectivity index is 1.71.